The average Bonchev–Trinajstić information content (AvgIpc) is 2.95. The van der Waals surface area contributed by atoms with E-state index in [0.29, 0.717) is 5.92 Å². The van der Waals surface area contributed by atoms with Crippen molar-refractivity contribution in [1.82, 2.24) is 9.55 Å². The van der Waals surface area contributed by atoms with Crippen LogP contribution >= 0.6 is 11.3 Å². The highest BCUT2D eigenvalue weighted by Gasteiger charge is 2.23. The number of nitrogens with zero attached hydrogens (tertiary/aromatic N) is 3. The highest BCUT2D eigenvalue weighted by Crippen LogP contribution is 2.35. The molecule has 2 aromatic heterocycles. The van der Waals surface area contributed by atoms with Gasteiger partial charge in [-0.05, 0) is 36.3 Å². The first kappa shape index (κ1) is 16.0. The Morgan fingerprint density at radius 1 is 1.44 bits per heavy atom. The van der Waals surface area contributed by atoms with E-state index in [4.69, 9.17) is 0 Å². The van der Waals surface area contributed by atoms with Crippen LogP contribution in [0.4, 0.5) is 5.69 Å². The van der Waals surface area contributed by atoms with Gasteiger partial charge in [-0.2, -0.15) is 0 Å². The van der Waals surface area contributed by atoms with Gasteiger partial charge >= 0.3 is 0 Å². The zero-order valence-electron chi connectivity index (χ0n) is 13.8. The van der Waals surface area contributed by atoms with Crippen LogP contribution < -0.4 is 5.56 Å². The molecule has 4 rings (SSSR count). The van der Waals surface area contributed by atoms with Crippen molar-refractivity contribution in [3.05, 3.63) is 67.1 Å². The van der Waals surface area contributed by atoms with Gasteiger partial charge in [0.25, 0.3) is 11.2 Å². The number of fused-ring (bicyclic) bond motifs is 3. The number of thiophene rings is 1. The van der Waals surface area contributed by atoms with Crippen molar-refractivity contribution >= 4 is 27.2 Å². The third-order valence-electron chi connectivity index (χ3n) is 4.76. The van der Waals surface area contributed by atoms with E-state index in [9.17, 15) is 14.9 Å². The second-order valence-corrected chi connectivity index (χ2v) is 7.72. The van der Waals surface area contributed by atoms with Crippen LogP contribution in [0.1, 0.15) is 29.3 Å². The number of non-ortho nitro benzene ring substituents is 1. The summed E-state index contributed by atoms with van der Waals surface area (Å²) in [4.78, 5) is 30.0. The summed E-state index contributed by atoms with van der Waals surface area (Å²) in [5.41, 5.74) is 1.85. The summed E-state index contributed by atoms with van der Waals surface area (Å²) in [5, 5.41) is 11.7. The molecule has 0 aliphatic heterocycles. The van der Waals surface area contributed by atoms with E-state index in [0.717, 1.165) is 40.6 Å². The number of hydrogen-bond donors (Lipinski definition) is 0. The van der Waals surface area contributed by atoms with Gasteiger partial charge in [-0.1, -0.05) is 19.1 Å². The van der Waals surface area contributed by atoms with E-state index in [2.05, 4.69) is 11.9 Å². The lowest BCUT2D eigenvalue weighted by Gasteiger charge is -2.17. The predicted molar refractivity (Wildman–Crippen MR) is 97.3 cm³/mol. The number of benzene rings is 1. The number of aromatic nitrogens is 2. The van der Waals surface area contributed by atoms with Crippen LogP contribution in [0.25, 0.3) is 10.2 Å². The maximum atomic E-state index is 13.0. The van der Waals surface area contributed by atoms with Crippen molar-refractivity contribution in [3.8, 4) is 0 Å². The highest BCUT2D eigenvalue weighted by molar-refractivity contribution is 7.18. The predicted octanol–water partition coefficient (Wildman–Crippen LogP) is 3.54. The first-order valence-corrected chi connectivity index (χ1v) is 9.07. The molecule has 0 bridgehead atoms. The number of aryl methyl sites for hydroxylation is 1. The summed E-state index contributed by atoms with van der Waals surface area (Å²) in [7, 11) is 0. The van der Waals surface area contributed by atoms with E-state index in [1.54, 1.807) is 34.4 Å². The average molecular weight is 355 g/mol. The number of nitro benzene ring substituents is 1. The Bertz CT molecular complexity index is 1040. The fraction of sp³-hybridized carbons (Fsp3) is 0.333. The Hall–Kier alpha value is -2.54. The zero-order chi connectivity index (χ0) is 17.6. The summed E-state index contributed by atoms with van der Waals surface area (Å²) in [6.45, 7) is 2.52. The summed E-state index contributed by atoms with van der Waals surface area (Å²) in [5.74, 6) is 0.646. The maximum absolute atomic E-state index is 13.0. The largest absolute Gasteiger partial charge is 0.294 e. The minimum absolute atomic E-state index is 0.0292. The zero-order valence-corrected chi connectivity index (χ0v) is 14.6. The van der Waals surface area contributed by atoms with Gasteiger partial charge in [0, 0.05) is 17.0 Å². The molecule has 128 valence electrons. The van der Waals surface area contributed by atoms with Crippen molar-refractivity contribution in [2.24, 2.45) is 5.92 Å². The van der Waals surface area contributed by atoms with Crippen LogP contribution in [0.3, 0.4) is 0 Å². The summed E-state index contributed by atoms with van der Waals surface area (Å²) in [6.07, 6.45) is 4.59. The van der Waals surface area contributed by atoms with Crippen molar-refractivity contribution in [1.29, 1.82) is 0 Å². The smallest absolute Gasteiger partial charge is 0.269 e. The van der Waals surface area contributed by atoms with Gasteiger partial charge in [-0.15, -0.1) is 11.3 Å². The van der Waals surface area contributed by atoms with E-state index in [-0.39, 0.29) is 17.8 Å². The standard InChI is InChI=1S/C18H17N3O3S/c1-11-5-6-14-15(7-11)25-17-16(14)18(22)20(10-19-17)9-12-3-2-4-13(8-12)21(23)24/h2-4,8,10-11H,5-7,9H2,1H3/t11-/m1/s1. The van der Waals surface area contributed by atoms with Crippen LogP contribution in [-0.4, -0.2) is 14.5 Å². The third kappa shape index (κ3) is 2.84. The Kier molecular flexibility index (Phi) is 3.88. The Balaban J connectivity index is 1.76. The van der Waals surface area contributed by atoms with Crippen LogP contribution in [0, 0.1) is 16.0 Å². The normalized spacial score (nSPS) is 16.8. The monoisotopic (exact) mass is 355 g/mol. The van der Waals surface area contributed by atoms with Crippen LogP contribution in [-0.2, 0) is 19.4 Å². The van der Waals surface area contributed by atoms with Crippen molar-refractivity contribution < 1.29 is 4.92 Å². The number of rotatable bonds is 3. The molecule has 1 aromatic carbocycles. The first-order valence-electron chi connectivity index (χ1n) is 8.26. The minimum Gasteiger partial charge on any atom is -0.294 e. The summed E-state index contributed by atoms with van der Waals surface area (Å²) >= 11 is 1.63. The molecular formula is C18H17N3O3S. The first-order chi connectivity index (χ1) is 12.0. The maximum Gasteiger partial charge on any atom is 0.269 e. The molecule has 7 heteroatoms. The van der Waals surface area contributed by atoms with E-state index >= 15 is 0 Å². The quantitative estimate of drug-likeness (QED) is 0.532. The molecule has 25 heavy (non-hydrogen) atoms. The van der Waals surface area contributed by atoms with E-state index in [1.807, 2.05) is 0 Å². The molecule has 0 amide bonds. The highest BCUT2D eigenvalue weighted by atomic mass is 32.1. The van der Waals surface area contributed by atoms with Gasteiger partial charge in [-0.25, -0.2) is 4.98 Å². The molecule has 1 atom stereocenters. The third-order valence-corrected chi connectivity index (χ3v) is 5.92. The van der Waals surface area contributed by atoms with Crippen molar-refractivity contribution in [2.75, 3.05) is 0 Å². The molecule has 0 spiro atoms. The Morgan fingerprint density at radius 3 is 3.08 bits per heavy atom. The van der Waals surface area contributed by atoms with Crippen molar-refractivity contribution in [2.45, 2.75) is 32.7 Å². The lowest BCUT2D eigenvalue weighted by molar-refractivity contribution is -0.384. The molecule has 1 aliphatic rings. The second kappa shape index (κ2) is 6.07. The Morgan fingerprint density at radius 2 is 2.28 bits per heavy atom. The van der Waals surface area contributed by atoms with E-state index < -0.39 is 4.92 Å². The lowest BCUT2D eigenvalue weighted by atomic mass is 9.89. The molecule has 6 nitrogen and oxygen atoms in total. The lowest BCUT2D eigenvalue weighted by Crippen LogP contribution is -2.22. The Labute approximate surface area is 147 Å². The molecule has 0 N–H and O–H groups in total. The number of hydrogen-bond acceptors (Lipinski definition) is 5. The number of nitro groups is 1. The van der Waals surface area contributed by atoms with Crippen LogP contribution in [0.15, 0.2) is 35.4 Å². The molecule has 3 aromatic rings. The minimum atomic E-state index is -0.426. The molecule has 0 radical (unpaired) electrons. The van der Waals surface area contributed by atoms with Gasteiger partial charge < -0.3 is 0 Å². The van der Waals surface area contributed by atoms with Gasteiger partial charge in [-0.3, -0.25) is 19.5 Å². The molecule has 2 heterocycles. The molecule has 0 unspecified atom stereocenters. The van der Waals surface area contributed by atoms with E-state index in [1.165, 1.54) is 17.0 Å². The molecule has 0 saturated heterocycles. The topological polar surface area (TPSA) is 78.0 Å². The SMILES string of the molecule is C[C@@H]1CCc2c(sc3ncn(Cc4cccc([N+](=O)[O-])c4)c(=O)c23)C1. The van der Waals surface area contributed by atoms with Gasteiger partial charge in [0.05, 0.1) is 23.2 Å². The summed E-state index contributed by atoms with van der Waals surface area (Å²) < 4.78 is 1.55. The molecule has 1 aliphatic carbocycles. The van der Waals surface area contributed by atoms with Crippen molar-refractivity contribution in [3.63, 3.8) is 0 Å². The fourth-order valence-corrected chi connectivity index (χ4v) is 4.78. The van der Waals surface area contributed by atoms with Crippen LogP contribution in [0.5, 0.6) is 0 Å². The summed E-state index contributed by atoms with van der Waals surface area (Å²) in [6, 6.07) is 6.37. The molecular weight excluding hydrogens is 338 g/mol. The van der Waals surface area contributed by atoms with Gasteiger partial charge in [0.2, 0.25) is 0 Å². The van der Waals surface area contributed by atoms with Crippen LogP contribution in [0.2, 0.25) is 0 Å². The van der Waals surface area contributed by atoms with Gasteiger partial charge in [0.1, 0.15) is 4.83 Å². The fourth-order valence-electron chi connectivity index (χ4n) is 3.44. The second-order valence-electron chi connectivity index (χ2n) is 6.64. The molecule has 0 saturated carbocycles. The molecule has 0 fully saturated rings. The van der Waals surface area contributed by atoms with Gasteiger partial charge in [0.15, 0.2) is 0 Å².